The lowest BCUT2D eigenvalue weighted by atomic mass is 9.98. The molecule has 1 aliphatic rings. The fourth-order valence-corrected chi connectivity index (χ4v) is 4.21. The lowest BCUT2D eigenvalue weighted by Gasteiger charge is -2.39. The number of piperidine rings is 1. The van der Waals surface area contributed by atoms with Crippen molar-refractivity contribution in [3.8, 4) is 0 Å². The van der Waals surface area contributed by atoms with Crippen LogP contribution in [0.1, 0.15) is 52.4 Å². The fourth-order valence-electron chi connectivity index (χ4n) is 2.55. The van der Waals surface area contributed by atoms with Crippen LogP contribution in [0.5, 0.6) is 0 Å². The average molecular weight is 292 g/mol. The van der Waals surface area contributed by atoms with Crippen molar-refractivity contribution in [2.75, 3.05) is 20.1 Å². The van der Waals surface area contributed by atoms with Crippen molar-refractivity contribution in [1.82, 2.24) is 8.61 Å². The highest BCUT2D eigenvalue weighted by Crippen LogP contribution is 2.25. The van der Waals surface area contributed by atoms with E-state index < -0.39 is 16.3 Å². The van der Waals surface area contributed by atoms with Crippen LogP contribution in [0.3, 0.4) is 0 Å². The second kappa shape index (κ2) is 7.57. The number of hydrogen-bond acceptors (Lipinski definition) is 3. The molecular weight excluding hydrogens is 264 g/mol. The van der Waals surface area contributed by atoms with E-state index in [0.29, 0.717) is 19.5 Å². The van der Waals surface area contributed by atoms with Gasteiger partial charge in [-0.15, -0.1) is 0 Å². The summed E-state index contributed by atoms with van der Waals surface area (Å²) < 4.78 is 28.1. The van der Waals surface area contributed by atoms with Crippen LogP contribution >= 0.6 is 0 Å². The van der Waals surface area contributed by atoms with Gasteiger partial charge in [-0.05, 0) is 25.7 Å². The minimum absolute atomic E-state index is 0.257. The van der Waals surface area contributed by atoms with E-state index in [-0.39, 0.29) is 6.04 Å². The van der Waals surface area contributed by atoms with E-state index in [1.165, 1.54) is 8.61 Å². The van der Waals surface area contributed by atoms with Crippen molar-refractivity contribution in [2.45, 2.75) is 64.5 Å². The summed E-state index contributed by atoms with van der Waals surface area (Å²) in [7, 11) is -1.80. The van der Waals surface area contributed by atoms with Gasteiger partial charge in [0.1, 0.15) is 0 Å². The molecule has 0 radical (unpaired) electrons. The Bertz CT molecular complexity index is 359. The van der Waals surface area contributed by atoms with Crippen LogP contribution in [0.4, 0.5) is 0 Å². The molecule has 0 aromatic carbocycles. The summed E-state index contributed by atoms with van der Waals surface area (Å²) in [4.78, 5) is 0. The molecular formula is C13H28N2O3S. The standard InChI is InChI=1S/C13H28N2O3S/c1-4-6-10-14(3)19(17,18)15-11-8-7-9-12(15)13(16)5-2/h12-13,16H,4-11H2,1-3H3/t12-,13+/m1/s1. The van der Waals surface area contributed by atoms with Crippen LogP contribution in [0.25, 0.3) is 0 Å². The van der Waals surface area contributed by atoms with E-state index in [9.17, 15) is 13.5 Å². The molecule has 0 saturated carbocycles. The molecule has 0 aliphatic carbocycles. The predicted molar refractivity (Wildman–Crippen MR) is 77.1 cm³/mol. The maximum absolute atomic E-state index is 12.6. The van der Waals surface area contributed by atoms with Gasteiger partial charge in [-0.25, -0.2) is 0 Å². The fraction of sp³-hybridized carbons (Fsp3) is 1.00. The summed E-state index contributed by atoms with van der Waals surface area (Å²) in [6.07, 6.45) is 4.51. The van der Waals surface area contributed by atoms with Crippen LogP contribution in [0.2, 0.25) is 0 Å². The van der Waals surface area contributed by atoms with Gasteiger partial charge in [0.05, 0.1) is 12.1 Å². The summed E-state index contributed by atoms with van der Waals surface area (Å²) in [5, 5.41) is 10.0. The number of unbranched alkanes of at least 4 members (excludes halogenated alkanes) is 1. The molecule has 0 aromatic heterocycles. The first-order valence-electron chi connectivity index (χ1n) is 7.36. The number of aliphatic hydroxyl groups is 1. The zero-order chi connectivity index (χ0) is 14.5. The normalized spacial score (nSPS) is 23.7. The predicted octanol–water partition coefficient (Wildman–Crippen LogP) is 1.59. The van der Waals surface area contributed by atoms with Gasteiger partial charge in [-0.1, -0.05) is 26.7 Å². The molecule has 114 valence electrons. The Morgan fingerprint density at radius 1 is 1.37 bits per heavy atom. The van der Waals surface area contributed by atoms with Gasteiger partial charge in [-0.3, -0.25) is 0 Å². The smallest absolute Gasteiger partial charge is 0.282 e. The minimum Gasteiger partial charge on any atom is -0.391 e. The first kappa shape index (κ1) is 16.9. The molecule has 0 amide bonds. The third kappa shape index (κ3) is 4.15. The summed E-state index contributed by atoms with van der Waals surface area (Å²) in [6, 6.07) is -0.257. The molecule has 2 atom stereocenters. The Labute approximate surface area is 117 Å². The van der Waals surface area contributed by atoms with Crippen LogP contribution in [0, 0.1) is 0 Å². The first-order chi connectivity index (χ1) is 8.95. The number of aliphatic hydroxyl groups excluding tert-OH is 1. The molecule has 19 heavy (non-hydrogen) atoms. The highest BCUT2D eigenvalue weighted by Gasteiger charge is 2.37. The molecule has 5 nitrogen and oxygen atoms in total. The molecule has 0 aromatic rings. The Morgan fingerprint density at radius 2 is 2.05 bits per heavy atom. The van der Waals surface area contributed by atoms with Gasteiger partial charge in [0.2, 0.25) is 0 Å². The van der Waals surface area contributed by atoms with Crippen LogP contribution in [0.15, 0.2) is 0 Å². The SMILES string of the molecule is CCCCN(C)S(=O)(=O)N1CCCC[C@@H]1[C@@H](O)CC. The monoisotopic (exact) mass is 292 g/mol. The molecule has 1 fully saturated rings. The molecule has 0 bridgehead atoms. The summed E-state index contributed by atoms with van der Waals surface area (Å²) in [5.41, 5.74) is 0. The molecule has 1 N–H and O–H groups in total. The van der Waals surface area contributed by atoms with Crippen LogP contribution in [-0.2, 0) is 10.2 Å². The average Bonchev–Trinajstić information content (AvgIpc) is 2.43. The summed E-state index contributed by atoms with van der Waals surface area (Å²) in [5.74, 6) is 0. The highest BCUT2D eigenvalue weighted by atomic mass is 32.2. The van der Waals surface area contributed by atoms with E-state index in [1.807, 2.05) is 13.8 Å². The Hall–Kier alpha value is -0.170. The molecule has 1 rings (SSSR count). The maximum atomic E-state index is 12.6. The number of nitrogens with zero attached hydrogens (tertiary/aromatic N) is 2. The second-order valence-electron chi connectivity index (χ2n) is 5.33. The van der Waals surface area contributed by atoms with E-state index in [2.05, 4.69) is 0 Å². The largest absolute Gasteiger partial charge is 0.391 e. The zero-order valence-corrected chi connectivity index (χ0v) is 13.2. The maximum Gasteiger partial charge on any atom is 0.282 e. The number of rotatable bonds is 7. The van der Waals surface area contributed by atoms with Crippen LogP contribution in [-0.4, -0.2) is 54.4 Å². The van der Waals surface area contributed by atoms with Gasteiger partial charge in [0.15, 0.2) is 0 Å². The topological polar surface area (TPSA) is 60.9 Å². The first-order valence-corrected chi connectivity index (χ1v) is 8.76. The van der Waals surface area contributed by atoms with E-state index in [0.717, 1.165) is 32.1 Å². The van der Waals surface area contributed by atoms with Crippen molar-refractivity contribution in [1.29, 1.82) is 0 Å². The third-order valence-corrected chi connectivity index (χ3v) is 5.89. The lowest BCUT2D eigenvalue weighted by molar-refractivity contribution is 0.0638. The van der Waals surface area contributed by atoms with Gasteiger partial charge in [0.25, 0.3) is 10.2 Å². The van der Waals surface area contributed by atoms with E-state index in [4.69, 9.17) is 0 Å². The van der Waals surface area contributed by atoms with E-state index in [1.54, 1.807) is 7.05 Å². The lowest BCUT2D eigenvalue weighted by Crippen LogP contribution is -2.53. The van der Waals surface area contributed by atoms with Crippen molar-refractivity contribution in [3.05, 3.63) is 0 Å². The second-order valence-corrected chi connectivity index (χ2v) is 7.32. The molecule has 1 heterocycles. The quantitative estimate of drug-likeness (QED) is 0.775. The van der Waals surface area contributed by atoms with Gasteiger partial charge >= 0.3 is 0 Å². The molecule has 0 spiro atoms. The van der Waals surface area contributed by atoms with Crippen LogP contribution < -0.4 is 0 Å². The summed E-state index contributed by atoms with van der Waals surface area (Å²) in [6.45, 7) is 5.01. The Balaban J connectivity index is 2.83. The third-order valence-electron chi connectivity index (χ3n) is 3.88. The Kier molecular flexibility index (Phi) is 6.73. The van der Waals surface area contributed by atoms with Crippen molar-refractivity contribution in [2.24, 2.45) is 0 Å². The minimum atomic E-state index is -3.43. The molecule has 1 aliphatic heterocycles. The number of hydrogen-bond donors (Lipinski definition) is 1. The zero-order valence-electron chi connectivity index (χ0n) is 12.4. The van der Waals surface area contributed by atoms with E-state index >= 15 is 0 Å². The molecule has 6 heteroatoms. The van der Waals surface area contributed by atoms with Crippen molar-refractivity contribution in [3.63, 3.8) is 0 Å². The molecule has 0 unspecified atom stereocenters. The summed E-state index contributed by atoms with van der Waals surface area (Å²) >= 11 is 0. The van der Waals surface area contributed by atoms with Gasteiger partial charge < -0.3 is 5.11 Å². The Morgan fingerprint density at radius 3 is 2.63 bits per heavy atom. The molecule has 1 saturated heterocycles. The van der Waals surface area contributed by atoms with Crippen molar-refractivity contribution < 1.29 is 13.5 Å². The van der Waals surface area contributed by atoms with Crippen molar-refractivity contribution >= 4 is 10.2 Å². The van der Waals surface area contributed by atoms with Gasteiger partial charge in [0, 0.05) is 20.1 Å². The highest BCUT2D eigenvalue weighted by molar-refractivity contribution is 7.86. The van der Waals surface area contributed by atoms with Gasteiger partial charge in [-0.2, -0.15) is 17.0 Å².